The van der Waals surface area contributed by atoms with Crippen LogP contribution in [0.2, 0.25) is 0 Å². The van der Waals surface area contributed by atoms with Gasteiger partial charge in [-0.25, -0.2) is 8.42 Å². The number of nitrogens with zero attached hydrogens (tertiary/aromatic N) is 1. The first-order chi connectivity index (χ1) is 8.78. The highest BCUT2D eigenvalue weighted by Gasteiger charge is 2.26. The summed E-state index contributed by atoms with van der Waals surface area (Å²) in [4.78, 5) is 11.1. The summed E-state index contributed by atoms with van der Waals surface area (Å²) in [5.41, 5.74) is 0. The number of carboxylic acid groups (broad SMARTS) is 1. The average molecular weight is 305 g/mol. The Hall–Kier alpha value is -0.920. The Balaban J connectivity index is 2.93. The van der Waals surface area contributed by atoms with Crippen LogP contribution >= 0.6 is 11.3 Å². The van der Waals surface area contributed by atoms with Gasteiger partial charge in [0.05, 0.1) is 6.42 Å². The van der Waals surface area contributed by atoms with Gasteiger partial charge in [0.2, 0.25) is 0 Å². The Morgan fingerprint density at radius 1 is 1.47 bits per heavy atom. The lowest BCUT2D eigenvalue weighted by Crippen LogP contribution is -2.34. The van der Waals surface area contributed by atoms with Crippen LogP contribution in [0.15, 0.2) is 16.3 Å². The summed E-state index contributed by atoms with van der Waals surface area (Å²) in [5, 5.41) is 8.69. The Morgan fingerprint density at radius 3 is 2.63 bits per heavy atom. The predicted octanol–water partition coefficient (Wildman–Crippen LogP) is 2.18. The zero-order valence-corrected chi connectivity index (χ0v) is 12.9. The summed E-state index contributed by atoms with van der Waals surface area (Å²) < 4.78 is 26.2. The van der Waals surface area contributed by atoms with Crippen LogP contribution in [0.5, 0.6) is 0 Å². The molecule has 0 saturated carbocycles. The molecule has 0 amide bonds. The first-order valence-electron chi connectivity index (χ1n) is 6.07. The molecule has 0 spiro atoms. The number of rotatable bonds is 7. The number of hydrogen-bond acceptors (Lipinski definition) is 4. The molecule has 1 heterocycles. The predicted molar refractivity (Wildman–Crippen MR) is 75.0 cm³/mol. The van der Waals surface area contributed by atoms with Crippen molar-refractivity contribution in [1.29, 1.82) is 0 Å². The normalized spacial score (nSPS) is 13.7. The lowest BCUT2D eigenvalue weighted by atomic mass is 10.2. The van der Waals surface area contributed by atoms with Crippen molar-refractivity contribution in [3.05, 3.63) is 17.0 Å². The molecule has 0 aliphatic heterocycles. The van der Waals surface area contributed by atoms with Crippen LogP contribution in [0.1, 0.15) is 31.6 Å². The maximum atomic E-state index is 12.3. The summed E-state index contributed by atoms with van der Waals surface area (Å²) in [6.45, 7) is 3.87. The molecule has 1 N–H and O–H groups in total. The van der Waals surface area contributed by atoms with Gasteiger partial charge in [0.15, 0.2) is 0 Å². The van der Waals surface area contributed by atoms with Crippen LogP contribution in [0.4, 0.5) is 0 Å². The van der Waals surface area contributed by atoms with E-state index in [1.807, 2.05) is 13.8 Å². The molecule has 0 radical (unpaired) electrons. The van der Waals surface area contributed by atoms with Gasteiger partial charge in [-0.1, -0.05) is 13.3 Å². The molecule has 0 saturated heterocycles. The minimum absolute atomic E-state index is 0.0694. The van der Waals surface area contributed by atoms with E-state index < -0.39 is 16.0 Å². The van der Waals surface area contributed by atoms with Crippen LogP contribution in [0.3, 0.4) is 0 Å². The molecule has 7 heteroatoms. The minimum atomic E-state index is -3.52. The van der Waals surface area contributed by atoms with E-state index in [-0.39, 0.29) is 16.7 Å². The zero-order valence-electron chi connectivity index (χ0n) is 11.3. The molecule has 5 nitrogen and oxygen atoms in total. The molecular weight excluding hydrogens is 286 g/mol. The fourth-order valence-electron chi connectivity index (χ4n) is 1.72. The van der Waals surface area contributed by atoms with Crippen molar-refractivity contribution in [2.75, 3.05) is 7.05 Å². The second-order valence-corrected chi connectivity index (χ2v) is 7.84. The fraction of sp³-hybridized carbons (Fsp3) is 0.583. The van der Waals surface area contributed by atoms with E-state index >= 15 is 0 Å². The molecular formula is C12H19NO4S2. The maximum absolute atomic E-state index is 12.3. The Labute approximate surface area is 117 Å². The lowest BCUT2D eigenvalue weighted by molar-refractivity contribution is -0.136. The molecule has 1 aromatic rings. The quantitative estimate of drug-likeness (QED) is 0.838. The Bertz CT molecular complexity index is 536. The van der Waals surface area contributed by atoms with E-state index in [2.05, 4.69) is 0 Å². The second-order valence-electron chi connectivity index (χ2n) is 4.45. The third-order valence-corrected chi connectivity index (χ3v) is 6.45. The van der Waals surface area contributed by atoms with Gasteiger partial charge in [-0.05, 0) is 25.5 Å². The van der Waals surface area contributed by atoms with Gasteiger partial charge in [0, 0.05) is 18.0 Å². The molecule has 1 aromatic heterocycles. The number of carbonyl (C=O) groups is 1. The summed E-state index contributed by atoms with van der Waals surface area (Å²) in [6.07, 6.45) is 1.56. The average Bonchev–Trinajstić information content (AvgIpc) is 2.76. The number of aliphatic carboxylic acids is 1. The molecule has 0 fully saturated rings. The summed E-state index contributed by atoms with van der Waals surface area (Å²) in [5.74, 6) is -0.960. The van der Waals surface area contributed by atoms with Crippen molar-refractivity contribution in [3.63, 3.8) is 0 Å². The maximum Gasteiger partial charge on any atom is 0.308 e. The number of sulfonamides is 1. The first kappa shape index (κ1) is 16.1. The van der Waals surface area contributed by atoms with E-state index in [1.54, 1.807) is 13.1 Å². The van der Waals surface area contributed by atoms with E-state index in [0.29, 0.717) is 4.88 Å². The third-order valence-electron chi connectivity index (χ3n) is 2.92. The van der Waals surface area contributed by atoms with E-state index in [4.69, 9.17) is 5.11 Å². The van der Waals surface area contributed by atoms with Crippen molar-refractivity contribution in [3.8, 4) is 0 Å². The minimum Gasteiger partial charge on any atom is -0.481 e. The highest BCUT2D eigenvalue weighted by atomic mass is 32.2. The zero-order chi connectivity index (χ0) is 14.6. The fourth-order valence-corrected chi connectivity index (χ4v) is 4.64. The molecule has 1 unspecified atom stereocenters. The summed E-state index contributed by atoms with van der Waals surface area (Å²) in [6, 6.07) is 2.97. The molecule has 1 rings (SSSR count). The second kappa shape index (κ2) is 6.49. The smallest absolute Gasteiger partial charge is 0.308 e. The van der Waals surface area contributed by atoms with Gasteiger partial charge in [-0.15, -0.1) is 11.3 Å². The van der Waals surface area contributed by atoms with Gasteiger partial charge >= 0.3 is 5.97 Å². The van der Waals surface area contributed by atoms with Crippen LogP contribution in [0, 0.1) is 0 Å². The van der Waals surface area contributed by atoms with Gasteiger partial charge in [-0.2, -0.15) is 4.31 Å². The summed E-state index contributed by atoms with van der Waals surface area (Å²) in [7, 11) is -1.95. The van der Waals surface area contributed by atoms with Crippen LogP contribution in [0.25, 0.3) is 0 Å². The van der Waals surface area contributed by atoms with Gasteiger partial charge < -0.3 is 5.11 Å². The first-order valence-corrected chi connectivity index (χ1v) is 8.33. The van der Waals surface area contributed by atoms with Crippen molar-refractivity contribution in [2.24, 2.45) is 0 Å². The van der Waals surface area contributed by atoms with E-state index in [9.17, 15) is 13.2 Å². The molecule has 108 valence electrons. The highest BCUT2D eigenvalue weighted by molar-refractivity contribution is 7.91. The molecule has 0 aliphatic rings. The molecule has 0 aromatic carbocycles. The Kier molecular flexibility index (Phi) is 5.51. The molecule has 1 atom stereocenters. The van der Waals surface area contributed by atoms with Gasteiger partial charge in [0.1, 0.15) is 4.21 Å². The Morgan fingerprint density at radius 2 is 2.11 bits per heavy atom. The van der Waals surface area contributed by atoms with E-state index in [1.165, 1.54) is 10.4 Å². The number of carboxylic acids is 1. The SMILES string of the molecule is CCCC(C)N(C)S(=O)(=O)c1ccc(CC(=O)O)s1. The standard InChI is InChI=1S/C12H19NO4S2/c1-4-5-9(2)13(3)19(16,17)12-7-6-10(18-12)8-11(14)15/h6-7,9H,4-5,8H2,1-3H3,(H,14,15). The van der Waals surface area contributed by atoms with Crippen molar-refractivity contribution >= 4 is 27.3 Å². The van der Waals surface area contributed by atoms with Gasteiger partial charge in [-0.3, -0.25) is 4.79 Å². The number of thiophene rings is 1. The monoisotopic (exact) mass is 305 g/mol. The highest BCUT2D eigenvalue weighted by Crippen LogP contribution is 2.26. The van der Waals surface area contributed by atoms with Crippen molar-refractivity contribution in [2.45, 2.75) is 43.4 Å². The van der Waals surface area contributed by atoms with E-state index in [0.717, 1.165) is 24.2 Å². The van der Waals surface area contributed by atoms with Crippen molar-refractivity contribution in [1.82, 2.24) is 4.31 Å². The lowest BCUT2D eigenvalue weighted by Gasteiger charge is -2.23. The van der Waals surface area contributed by atoms with Crippen LogP contribution in [-0.4, -0.2) is 36.9 Å². The molecule has 19 heavy (non-hydrogen) atoms. The topological polar surface area (TPSA) is 74.7 Å². The van der Waals surface area contributed by atoms with Gasteiger partial charge in [0.25, 0.3) is 10.0 Å². The molecule has 0 aliphatic carbocycles. The van der Waals surface area contributed by atoms with Crippen LogP contribution < -0.4 is 0 Å². The summed E-state index contributed by atoms with van der Waals surface area (Å²) >= 11 is 1.02. The third kappa shape index (κ3) is 4.02. The number of hydrogen-bond donors (Lipinski definition) is 1. The van der Waals surface area contributed by atoms with Crippen molar-refractivity contribution < 1.29 is 18.3 Å². The largest absolute Gasteiger partial charge is 0.481 e. The van der Waals surface area contributed by atoms with Crippen LogP contribution in [-0.2, 0) is 21.2 Å². The molecule has 0 bridgehead atoms.